The zero-order chi connectivity index (χ0) is 19.2. The van der Waals surface area contributed by atoms with E-state index in [4.69, 9.17) is 9.47 Å². The second-order valence-corrected chi connectivity index (χ2v) is 6.87. The van der Waals surface area contributed by atoms with Gasteiger partial charge in [0, 0.05) is 32.2 Å². The first-order valence-corrected chi connectivity index (χ1v) is 9.71. The number of hydrogen-bond acceptors (Lipinski definition) is 7. The van der Waals surface area contributed by atoms with Crippen LogP contribution in [0.2, 0.25) is 0 Å². The Balaban J connectivity index is 1.22. The fraction of sp³-hybridized carbons (Fsp3) is 0.450. The fourth-order valence-corrected chi connectivity index (χ4v) is 3.44. The summed E-state index contributed by atoms with van der Waals surface area (Å²) in [6.07, 6.45) is 2.88. The third kappa shape index (κ3) is 4.51. The molecule has 2 aliphatic rings. The summed E-state index contributed by atoms with van der Waals surface area (Å²) in [5, 5.41) is 14.3. The molecule has 0 aliphatic carbocycles. The molecule has 0 radical (unpaired) electrons. The Labute approximate surface area is 164 Å². The molecule has 1 unspecified atom stereocenters. The average Bonchev–Trinajstić information content (AvgIpc) is 2.77. The van der Waals surface area contributed by atoms with Crippen LogP contribution in [0.1, 0.15) is 12.0 Å². The van der Waals surface area contributed by atoms with Crippen LogP contribution in [0, 0.1) is 0 Å². The minimum absolute atomic E-state index is 0.0792. The van der Waals surface area contributed by atoms with Crippen LogP contribution in [0.25, 0.3) is 0 Å². The highest BCUT2D eigenvalue weighted by Crippen LogP contribution is 2.27. The van der Waals surface area contributed by atoms with E-state index in [0.717, 1.165) is 49.7 Å². The fourth-order valence-electron chi connectivity index (χ4n) is 3.44. The summed E-state index contributed by atoms with van der Waals surface area (Å²) in [6.45, 7) is 4.22. The number of ether oxygens (including phenoxy) is 2. The molecular weight excluding hydrogens is 358 g/mol. The van der Waals surface area contributed by atoms with Crippen molar-refractivity contribution in [3.63, 3.8) is 0 Å². The molecule has 1 atom stereocenters. The number of anilines is 2. The highest BCUT2D eigenvalue weighted by molar-refractivity contribution is 5.81. The molecule has 28 heavy (non-hydrogen) atoms. The van der Waals surface area contributed by atoms with Crippen molar-refractivity contribution in [2.75, 3.05) is 49.6 Å². The van der Waals surface area contributed by atoms with E-state index >= 15 is 0 Å². The molecule has 0 spiro atoms. The predicted octanol–water partition coefficient (Wildman–Crippen LogP) is 1.24. The maximum Gasteiger partial charge on any atom is 0.261 e. The predicted molar refractivity (Wildman–Crippen MR) is 106 cm³/mol. The van der Waals surface area contributed by atoms with E-state index in [9.17, 15) is 4.79 Å². The molecule has 4 rings (SSSR count). The van der Waals surface area contributed by atoms with Gasteiger partial charge >= 0.3 is 0 Å². The summed E-state index contributed by atoms with van der Waals surface area (Å²) in [5.41, 5.74) is 2.19. The summed E-state index contributed by atoms with van der Waals surface area (Å²) in [7, 11) is 0. The van der Waals surface area contributed by atoms with Crippen LogP contribution in [0.15, 0.2) is 36.5 Å². The van der Waals surface area contributed by atoms with E-state index in [0.29, 0.717) is 25.3 Å². The maximum absolute atomic E-state index is 12.4. The number of morpholine rings is 1. The number of carbonyl (C=O) groups is 1. The van der Waals surface area contributed by atoms with Crippen molar-refractivity contribution in [3.8, 4) is 5.75 Å². The van der Waals surface area contributed by atoms with Gasteiger partial charge in [0.2, 0.25) is 0 Å². The van der Waals surface area contributed by atoms with Gasteiger partial charge in [0.25, 0.3) is 5.91 Å². The highest BCUT2D eigenvalue weighted by Gasteiger charge is 2.25. The van der Waals surface area contributed by atoms with Crippen LogP contribution in [-0.4, -0.2) is 61.6 Å². The number of rotatable bonds is 6. The Hall–Kier alpha value is -2.87. The van der Waals surface area contributed by atoms with E-state index < -0.39 is 6.10 Å². The Kier molecular flexibility index (Phi) is 5.86. The average molecular weight is 383 g/mol. The van der Waals surface area contributed by atoms with E-state index in [2.05, 4.69) is 25.7 Å². The number of carbonyl (C=O) groups excluding carboxylic acids is 1. The number of nitrogens with zero attached hydrogens (tertiary/aromatic N) is 3. The number of fused-ring (bicyclic) bond motifs is 1. The first-order chi connectivity index (χ1) is 13.8. The molecule has 8 nitrogen and oxygen atoms in total. The molecule has 8 heteroatoms. The summed E-state index contributed by atoms with van der Waals surface area (Å²) < 4.78 is 11.2. The third-order valence-electron chi connectivity index (χ3n) is 4.96. The molecule has 2 aliphatic heterocycles. The van der Waals surface area contributed by atoms with Gasteiger partial charge < -0.3 is 25.0 Å². The van der Waals surface area contributed by atoms with Crippen molar-refractivity contribution in [1.82, 2.24) is 15.5 Å². The van der Waals surface area contributed by atoms with Gasteiger partial charge in [0.05, 0.1) is 25.1 Å². The number of amides is 1. The third-order valence-corrected chi connectivity index (χ3v) is 4.96. The van der Waals surface area contributed by atoms with E-state index in [-0.39, 0.29) is 5.91 Å². The summed E-state index contributed by atoms with van der Waals surface area (Å²) in [4.78, 5) is 14.6. The number of benzene rings is 1. The van der Waals surface area contributed by atoms with Crippen LogP contribution in [0.5, 0.6) is 5.75 Å². The van der Waals surface area contributed by atoms with Crippen LogP contribution in [-0.2, 0) is 16.0 Å². The minimum Gasteiger partial charge on any atom is -0.480 e. The summed E-state index contributed by atoms with van der Waals surface area (Å²) >= 11 is 0. The molecule has 0 bridgehead atoms. The normalized spacial score (nSPS) is 18.7. The van der Waals surface area contributed by atoms with Crippen LogP contribution < -0.4 is 20.3 Å². The number of hydrogen-bond donors (Lipinski definition) is 2. The molecule has 1 saturated heterocycles. The van der Waals surface area contributed by atoms with E-state index in [1.807, 2.05) is 30.3 Å². The van der Waals surface area contributed by atoms with Crippen molar-refractivity contribution in [2.45, 2.75) is 18.9 Å². The second kappa shape index (κ2) is 8.88. The van der Waals surface area contributed by atoms with E-state index in [1.165, 1.54) is 0 Å². The SMILES string of the molecule is O=C(NCCNc1cc(N2CCOCC2)cnn1)C1CCc2ccccc2O1. The van der Waals surface area contributed by atoms with Crippen molar-refractivity contribution >= 4 is 17.4 Å². The van der Waals surface area contributed by atoms with Gasteiger partial charge in [-0.2, -0.15) is 5.10 Å². The summed E-state index contributed by atoms with van der Waals surface area (Å²) in [5.74, 6) is 1.42. The van der Waals surface area contributed by atoms with Crippen molar-refractivity contribution < 1.29 is 14.3 Å². The van der Waals surface area contributed by atoms with Gasteiger partial charge in [-0.25, -0.2) is 0 Å². The Bertz CT molecular complexity index is 810. The lowest BCUT2D eigenvalue weighted by atomic mass is 10.0. The van der Waals surface area contributed by atoms with E-state index in [1.54, 1.807) is 6.20 Å². The molecule has 2 N–H and O–H groups in total. The quantitative estimate of drug-likeness (QED) is 0.726. The number of para-hydroxylation sites is 1. The smallest absolute Gasteiger partial charge is 0.261 e. The van der Waals surface area contributed by atoms with Gasteiger partial charge in [-0.3, -0.25) is 4.79 Å². The van der Waals surface area contributed by atoms with Crippen LogP contribution >= 0.6 is 0 Å². The molecular formula is C20H25N5O3. The molecule has 1 aromatic heterocycles. The zero-order valence-electron chi connectivity index (χ0n) is 15.8. The lowest BCUT2D eigenvalue weighted by molar-refractivity contribution is -0.128. The van der Waals surface area contributed by atoms with Crippen molar-refractivity contribution in [2.24, 2.45) is 0 Å². The van der Waals surface area contributed by atoms with Crippen LogP contribution in [0.4, 0.5) is 11.5 Å². The van der Waals surface area contributed by atoms with Gasteiger partial charge in [-0.15, -0.1) is 5.10 Å². The lowest BCUT2D eigenvalue weighted by Gasteiger charge is -2.28. The number of aromatic nitrogens is 2. The number of nitrogens with one attached hydrogen (secondary N) is 2. The lowest BCUT2D eigenvalue weighted by Crippen LogP contribution is -2.42. The van der Waals surface area contributed by atoms with Crippen molar-refractivity contribution in [3.05, 3.63) is 42.1 Å². The second-order valence-electron chi connectivity index (χ2n) is 6.87. The van der Waals surface area contributed by atoms with Crippen molar-refractivity contribution in [1.29, 1.82) is 0 Å². The van der Waals surface area contributed by atoms with Gasteiger partial charge in [-0.1, -0.05) is 18.2 Å². The Morgan fingerprint density at radius 1 is 1.21 bits per heavy atom. The largest absolute Gasteiger partial charge is 0.480 e. The molecule has 3 heterocycles. The molecule has 0 saturated carbocycles. The Morgan fingerprint density at radius 3 is 2.96 bits per heavy atom. The summed E-state index contributed by atoms with van der Waals surface area (Å²) in [6, 6.07) is 9.84. The Morgan fingerprint density at radius 2 is 2.07 bits per heavy atom. The molecule has 2 aromatic rings. The van der Waals surface area contributed by atoms with Gasteiger partial charge in [0.15, 0.2) is 11.9 Å². The molecule has 1 aromatic carbocycles. The first kappa shape index (κ1) is 18.5. The standard InChI is InChI=1S/C20H25N5O3/c26-20(18-6-5-15-3-1-2-4-17(15)28-18)22-8-7-21-19-13-16(14-23-24-19)25-9-11-27-12-10-25/h1-4,13-14,18H,5-12H2,(H,21,24)(H,22,26). The molecule has 1 fully saturated rings. The molecule has 148 valence electrons. The minimum atomic E-state index is -0.431. The van der Waals surface area contributed by atoms with Gasteiger partial charge in [-0.05, 0) is 24.5 Å². The zero-order valence-corrected chi connectivity index (χ0v) is 15.8. The molecule has 1 amide bonds. The van der Waals surface area contributed by atoms with Gasteiger partial charge in [0.1, 0.15) is 5.75 Å². The highest BCUT2D eigenvalue weighted by atomic mass is 16.5. The monoisotopic (exact) mass is 383 g/mol. The first-order valence-electron chi connectivity index (χ1n) is 9.71. The maximum atomic E-state index is 12.4. The van der Waals surface area contributed by atoms with Crippen LogP contribution in [0.3, 0.4) is 0 Å². The topological polar surface area (TPSA) is 88.6 Å². The number of aryl methyl sites for hydroxylation is 1.